The standard InChI is InChI=1S/C18H13N5S2.C2H4/c1-19-17(20-2)16-12-5-7-24-14(12)8-13(23-16)15-10-22-18(25-15)11-4-3-6-21-9-11;1-2/h3-10H,1H2,2H3;1-2H2. The Balaban J connectivity index is 0.00000102. The van der Waals surface area contributed by atoms with Crippen LogP contribution in [0.2, 0.25) is 0 Å². The number of hydrogen-bond donors (Lipinski definition) is 0. The summed E-state index contributed by atoms with van der Waals surface area (Å²) >= 11 is 3.26. The Morgan fingerprint density at radius 3 is 2.74 bits per heavy atom. The zero-order valence-corrected chi connectivity index (χ0v) is 16.4. The molecule has 0 aliphatic heterocycles. The van der Waals surface area contributed by atoms with Crippen LogP contribution in [-0.2, 0) is 0 Å². The Morgan fingerprint density at radius 1 is 1.19 bits per heavy atom. The summed E-state index contributed by atoms with van der Waals surface area (Å²) in [7, 11) is 1.70. The molecule has 5 nitrogen and oxygen atoms in total. The van der Waals surface area contributed by atoms with Crippen LogP contribution in [0.5, 0.6) is 0 Å². The topological polar surface area (TPSA) is 63.4 Å². The lowest BCUT2D eigenvalue weighted by Gasteiger charge is -2.04. The lowest BCUT2D eigenvalue weighted by molar-refractivity contribution is 1.29. The molecular formula is C20H17N5S2. The molecule has 0 unspecified atom stereocenters. The number of aliphatic imine (C=N–C) groups is 2. The minimum absolute atomic E-state index is 0.544. The normalized spacial score (nSPS) is 11.1. The molecule has 0 radical (unpaired) electrons. The fourth-order valence-electron chi connectivity index (χ4n) is 2.53. The molecule has 4 rings (SSSR count). The zero-order chi connectivity index (χ0) is 19.2. The molecule has 0 atom stereocenters. The molecular weight excluding hydrogens is 374 g/mol. The number of fused-ring (bicyclic) bond motifs is 1. The SMILES string of the molecule is C=C.C=NC(=NC)c1nc(-c2cnc(-c3cccnc3)s2)cc2sccc12. The highest BCUT2D eigenvalue weighted by molar-refractivity contribution is 7.18. The Bertz CT molecular complexity index is 1100. The fourth-order valence-corrected chi connectivity index (χ4v) is 4.22. The van der Waals surface area contributed by atoms with Crippen LogP contribution in [0.3, 0.4) is 0 Å². The third-order valence-electron chi connectivity index (χ3n) is 3.69. The number of thiophene rings is 1. The van der Waals surface area contributed by atoms with Gasteiger partial charge in [0, 0.05) is 41.3 Å². The van der Waals surface area contributed by atoms with E-state index in [2.05, 4.69) is 45.9 Å². The lowest BCUT2D eigenvalue weighted by atomic mass is 10.2. The molecule has 27 heavy (non-hydrogen) atoms. The maximum Gasteiger partial charge on any atom is 0.173 e. The number of thiazole rings is 1. The van der Waals surface area contributed by atoms with Gasteiger partial charge in [0.1, 0.15) is 10.7 Å². The largest absolute Gasteiger partial charge is 0.268 e. The van der Waals surface area contributed by atoms with Crippen LogP contribution >= 0.6 is 22.7 Å². The second kappa shape index (κ2) is 8.57. The molecule has 0 aromatic carbocycles. The predicted octanol–water partition coefficient (Wildman–Crippen LogP) is 5.36. The molecule has 0 aliphatic rings. The van der Waals surface area contributed by atoms with Crippen molar-refractivity contribution in [1.82, 2.24) is 15.0 Å². The van der Waals surface area contributed by atoms with Crippen molar-refractivity contribution in [2.45, 2.75) is 0 Å². The van der Waals surface area contributed by atoms with Crippen molar-refractivity contribution in [2.24, 2.45) is 9.98 Å². The molecule has 0 bridgehead atoms. The molecule has 0 saturated heterocycles. The second-order valence-corrected chi connectivity index (χ2v) is 7.14. The minimum Gasteiger partial charge on any atom is -0.268 e. The number of hydrogen-bond acceptors (Lipinski definition) is 6. The molecule has 4 aromatic rings. The molecule has 0 spiro atoms. The van der Waals surface area contributed by atoms with E-state index in [9.17, 15) is 0 Å². The van der Waals surface area contributed by atoms with Crippen LogP contribution in [0.1, 0.15) is 5.69 Å². The van der Waals surface area contributed by atoms with Gasteiger partial charge in [-0.05, 0) is 36.4 Å². The summed E-state index contributed by atoms with van der Waals surface area (Å²) in [5.74, 6) is 0.544. The Labute approximate surface area is 165 Å². The second-order valence-electron chi connectivity index (χ2n) is 5.17. The van der Waals surface area contributed by atoms with E-state index in [1.54, 1.807) is 35.9 Å². The van der Waals surface area contributed by atoms with Gasteiger partial charge in [-0.25, -0.2) is 15.0 Å². The summed E-state index contributed by atoms with van der Waals surface area (Å²) in [4.78, 5) is 22.7. The van der Waals surface area contributed by atoms with Crippen LogP contribution in [0.25, 0.3) is 31.2 Å². The average molecular weight is 392 g/mol. The van der Waals surface area contributed by atoms with E-state index in [0.717, 1.165) is 36.9 Å². The minimum atomic E-state index is 0.544. The van der Waals surface area contributed by atoms with Crippen molar-refractivity contribution in [3.63, 3.8) is 0 Å². The summed E-state index contributed by atoms with van der Waals surface area (Å²) in [6, 6.07) is 8.03. The van der Waals surface area contributed by atoms with E-state index in [1.807, 2.05) is 36.0 Å². The first kappa shape index (κ1) is 18.8. The first-order valence-electron chi connectivity index (χ1n) is 7.99. The quantitative estimate of drug-likeness (QED) is 0.268. The van der Waals surface area contributed by atoms with Gasteiger partial charge in [0.25, 0.3) is 0 Å². The van der Waals surface area contributed by atoms with Crippen LogP contribution in [0.15, 0.2) is 71.4 Å². The van der Waals surface area contributed by atoms with Crippen molar-refractivity contribution >= 4 is 45.3 Å². The van der Waals surface area contributed by atoms with Crippen molar-refractivity contribution in [1.29, 1.82) is 0 Å². The lowest BCUT2D eigenvalue weighted by Crippen LogP contribution is -2.01. The van der Waals surface area contributed by atoms with E-state index in [0.29, 0.717) is 5.84 Å². The number of amidine groups is 1. The maximum atomic E-state index is 4.79. The summed E-state index contributed by atoms with van der Waals surface area (Å²) < 4.78 is 1.14. The molecule has 7 heteroatoms. The van der Waals surface area contributed by atoms with Gasteiger partial charge in [-0.3, -0.25) is 9.98 Å². The highest BCUT2D eigenvalue weighted by Gasteiger charge is 2.15. The van der Waals surface area contributed by atoms with Gasteiger partial charge >= 0.3 is 0 Å². The van der Waals surface area contributed by atoms with Gasteiger partial charge in [0.2, 0.25) is 0 Å². The molecule has 0 aliphatic carbocycles. The number of pyridine rings is 2. The highest BCUT2D eigenvalue weighted by atomic mass is 32.1. The summed E-state index contributed by atoms with van der Waals surface area (Å²) in [6.07, 6.45) is 5.42. The van der Waals surface area contributed by atoms with Crippen molar-refractivity contribution < 1.29 is 0 Å². The number of aromatic nitrogens is 3. The van der Waals surface area contributed by atoms with Gasteiger partial charge < -0.3 is 0 Å². The fraction of sp³-hybridized carbons (Fsp3) is 0.0500. The Hall–Kier alpha value is -3.03. The molecule has 4 heterocycles. The third kappa shape index (κ3) is 3.74. The van der Waals surface area contributed by atoms with Crippen LogP contribution in [-0.4, -0.2) is 34.6 Å². The van der Waals surface area contributed by atoms with Gasteiger partial charge in [0.15, 0.2) is 5.84 Å². The first-order valence-corrected chi connectivity index (χ1v) is 9.68. The van der Waals surface area contributed by atoms with E-state index < -0.39 is 0 Å². The molecule has 0 saturated carbocycles. The van der Waals surface area contributed by atoms with Gasteiger partial charge in [0.05, 0.1) is 10.6 Å². The molecule has 134 valence electrons. The Kier molecular flexibility index (Phi) is 5.95. The zero-order valence-electron chi connectivity index (χ0n) is 14.8. The summed E-state index contributed by atoms with van der Waals surface area (Å²) in [5, 5.41) is 4.01. The number of nitrogens with zero attached hydrogens (tertiary/aromatic N) is 5. The van der Waals surface area contributed by atoms with Gasteiger partial charge in [-0.15, -0.1) is 35.8 Å². The Morgan fingerprint density at radius 2 is 2.04 bits per heavy atom. The predicted molar refractivity (Wildman–Crippen MR) is 117 cm³/mol. The van der Waals surface area contributed by atoms with Crippen LogP contribution < -0.4 is 0 Å². The van der Waals surface area contributed by atoms with Gasteiger partial charge in [-0.2, -0.15) is 0 Å². The smallest absolute Gasteiger partial charge is 0.173 e. The number of rotatable bonds is 3. The average Bonchev–Trinajstić information content (AvgIpc) is 3.40. The molecule has 4 aromatic heterocycles. The monoisotopic (exact) mass is 391 g/mol. The summed E-state index contributed by atoms with van der Waals surface area (Å²) in [5.41, 5.74) is 2.62. The van der Waals surface area contributed by atoms with E-state index in [1.165, 1.54) is 0 Å². The first-order chi connectivity index (χ1) is 13.3. The van der Waals surface area contributed by atoms with Crippen LogP contribution in [0.4, 0.5) is 0 Å². The highest BCUT2D eigenvalue weighted by Crippen LogP contribution is 2.34. The molecule has 0 N–H and O–H groups in total. The van der Waals surface area contributed by atoms with Crippen molar-refractivity contribution in [3.05, 3.63) is 67.1 Å². The van der Waals surface area contributed by atoms with E-state index in [4.69, 9.17) is 4.98 Å². The maximum absolute atomic E-state index is 4.79. The van der Waals surface area contributed by atoms with E-state index in [-0.39, 0.29) is 0 Å². The van der Waals surface area contributed by atoms with Crippen LogP contribution in [0, 0.1) is 0 Å². The third-order valence-corrected chi connectivity index (χ3v) is 5.62. The summed E-state index contributed by atoms with van der Waals surface area (Å²) in [6.45, 7) is 9.61. The molecule has 0 amide bonds. The van der Waals surface area contributed by atoms with Gasteiger partial charge in [-0.1, -0.05) is 0 Å². The molecule has 0 fully saturated rings. The van der Waals surface area contributed by atoms with E-state index >= 15 is 0 Å². The van der Waals surface area contributed by atoms with Crippen molar-refractivity contribution in [2.75, 3.05) is 7.05 Å². The van der Waals surface area contributed by atoms with Crippen molar-refractivity contribution in [3.8, 4) is 21.1 Å².